The van der Waals surface area contributed by atoms with Crippen LogP contribution in [0.5, 0.6) is 0 Å². The van der Waals surface area contributed by atoms with Gasteiger partial charge in [0.2, 0.25) is 0 Å². The molecule has 5 heteroatoms. The molecule has 0 fully saturated rings. The van der Waals surface area contributed by atoms with Crippen molar-refractivity contribution < 1.29 is 17.7 Å². The van der Waals surface area contributed by atoms with E-state index in [-0.39, 0.29) is 0 Å². The maximum atomic E-state index is 12.8. The fourth-order valence-electron chi connectivity index (χ4n) is 2.25. The van der Waals surface area contributed by atoms with Gasteiger partial charge in [0, 0.05) is 17.2 Å². The molecule has 0 radical (unpaired) electrons. The topological polar surface area (TPSA) is 26.0 Å². The van der Waals surface area contributed by atoms with Crippen LogP contribution in [0.25, 0.3) is 22.6 Å². The summed E-state index contributed by atoms with van der Waals surface area (Å²) in [5.41, 5.74) is 2.15. The number of hydrogen-bond acceptors (Lipinski definition) is 2. The lowest BCUT2D eigenvalue weighted by molar-refractivity contribution is -0.137. The van der Waals surface area contributed by atoms with Gasteiger partial charge >= 0.3 is 6.18 Å². The molecule has 3 aromatic rings. The molecule has 0 unspecified atom stereocenters. The van der Waals surface area contributed by atoms with Gasteiger partial charge in [0.05, 0.1) is 5.56 Å². The Morgan fingerprint density at radius 2 is 1.73 bits per heavy atom. The van der Waals surface area contributed by atoms with Gasteiger partial charge in [0.15, 0.2) is 5.76 Å². The van der Waals surface area contributed by atoms with E-state index in [1.54, 1.807) is 12.1 Å². The lowest BCUT2D eigenvalue weighted by Crippen LogP contribution is -2.04. The van der Waals surface area contributed by atoms with E-state index in [0.29, 0.717) is 17.0 Å². The van der Waals surface area contributed by atoms with Gasteiger partial charge in [-0.2, -0.15) is 13.2 Å². The molecule has 0 aliphatic carbocycles. The highest BCUT2D eigenvalue weighted by molar-refractivity contribution is 5.69. The van der Waals surface area contributed by atoms with Crippen molar-refractivity contribution in [3.05, 3.63) is 65.7 Å². The van der Waals surface area contributed by atoms with E-state index in [2.05, 4.69) is 5.16 Å². The summed E-state index contributed by atoms with van der Waals surface area (Å²) in [6.45, 7) is 1.94. The number of hydrogen-bond donors (Lipinski definition) is 0. The second kappa shape index (κ2) is 5.33. The lowest BCUT2D eigenvalue weighted by atomic mass is 10.0. The number of nitrogens with zero attached hydrogens (tertiary/aromatic N) is 1. The Balaban J connectivity index is 2.00. The zero-order valence-corrected chi connectivity index (χ0v) is 11.7. The second-order valence-electron chi connectivity index (χ2n) is 4.97. The number of aromatic nitrogens is 1. The average molecular weight is 303 g/mol. The highest BCUT2D eigenvalue weighted by Crippen LogP contribution is 2.33. The summed E-state index contributed by atoms with van der Waals surface area (Å²) in [7, 11) is 0. The third kappa shape index (κ3) is 2.74. The first kappa shape index (κ1) is 14.4. The quantitative estimate of drug-likeness (QED) is 0.639. The second-order valence-corrected chi connectivity index (χ2v) is 4.97. The number of benzene rings is 2. The maximum Gasteiger partial charge on any atom is 0.416 e. The number of aryl methyl sites for hydroxylation is 1. The van der Waals surface area contributed by atoms with Gasteiger partial charge in [0.25, 0.3) is 0 Å². The summed E-state index contributed by atoms with van der Waals surface area (Å²) < 4.78 is 43.5. The standard InChI is InChI=1S/C17H12F3NO/c1-11-5-2-3-8-14(11)15-10-16(22-21-15)12-6-4-7-13(9-12)17(18,19)20/h2-10H,1H3. The molecule has 2 aromatic carbocycles. The van der Waals surface area contributed by atoms with Crippen LogP contribution in [0, 0.1) is 6.92 Å². The first-order valence-corrected chi connectivity index (χ1v) is 6.65. The predicted octanol–water partition coefficient (Wildman–Crippen LogP) is 5.34. The van der Waals surface area contributed by atoms with Crippen LogP contribution in [0.3, 0.4) is 0 Å². The van der Waals surface area contributed by atoms with Crippen molar-refractivity contribution >= 4 is 0 Å². The Kier molecular flexibility index (Phi) is 3.48. The third-order valence-corrected chi connectivity index (χ3v) is 3.41. The van der Waals surface area contributed by atoms with E-state index in [4.69, 9.17) is 4.52 Å². The molecule has 0 atom stereocenters. The largest absolute Gasteiger partial charge is 0.416 e. The molecule has 1 heterocycles. The molecule has 112 valence electrons. The Hall–Kier alpha value is -2.56. The summed E-state index contributed by atoms with van der Waals surface area (Å²) in [4.78, 5) is 0. The van der Waals surface area contributed by atoms with E-state index in [1.807, 2.05) is 31.2 Å². The normalized spacial score (nSPS) is 11.6. The molecule has 0 spiro atoms. The van der Waals surface area contributed by atoms with Crippen LogP contribution in [-0.2, 0) is 6.18 Å². The van der Waals surface area contributed by atoms with E-state index in [9.17, 15) is 13.2 Å². The summed E-state index contributed by atoms with van der Waals surface area (Å²) >= 11 is 0. The van der Waals surface area contributed by atoms with Crippen molar-refractivity contribution in [3.63, 3.8) is 0 Å². The van der Waals surface area contributed by atoms with Crippen molar-refractivity contribution in [2.45, 2.75) is 13.1 Å². The van der Waals surface area contributed by atoms with Crippen LogP contribution < -0.4 is 0 Å². The monoisotopic (exact) mass is 303 g/mol. The Labute approximate surface area is 125 Å². The van der Waals surface area contributed by atoms with Crippen molar-refractivity contribution in [2.24, 2.45) is 0 Å². The van der Waals surface area contributed by atoms with Gasteiger partial charge in [-0.25, -0.2) is 0 Å². The molecule has 2 nitrogen and oxygen atoms in total. The van der Waals surface area contributed by atoms with Crippen LogP contribution in [-0.4, -0.2) is 5.16 Å². The maximum absolute atomic E-state index is 12.8. The number of alkyl halides is 3. The first-order valence-electron chi connectivity index (χ1n) is 6.65. The van der Waals surface area contributed by atoms with Gasteiger partial charge in [-0.3, -0.25) is 0 Å². The molecule has 0 saturated carbocycles. The molecular weight excluding hydrogens is 291 g/mol. The van der Waals surface area contributed by atoms with Gasteiger partial charge < -0.3 is 4.52 Å². The molecular formula is C17H12F3NO. The van der Waals surface area contributed by atoms with Gasteiger partial charge in [0.1, 0.15) is 5.69 Å². The van der Waals surface area contributed by atoms with Crippen LogP contribution >= 0.6 is 0 Å². The number of rotatable bonds is 2. The van der Waals surface area contributed by atoms with E-state index >= 15 is 0 Å². The molecule has 1 aromatic heterocycles. The van der Waals surface area contributed by atoms with Gasteiger partial charge in [-0.1, -0.05) is 41.6 Å². The van der Waals surface area contributed by atoms with Crippen LogP contribution in [0.15, 0.2) is 59.1 Å². The minimum Gasteiger partial charge on any atom is -0.356 e. The predicted molar refractivity (Wildman–Crippen MR) is 77.1 cm³/mol. The molecule has 0 aliphatic heterocycles. The Morgan fingerprint density at radius 1 is 0.955 bits per heavy atom. The van der Waals surface area contributed by atoms with Crippen LogP contribution in [0.1, 0.15) is 11.1 Å². The highest BCUT2D eigenvalue weighted by Gasteiger charge is 2.30. The van der Waals surface area contributed by atoms with Gasteiger partial charge in [-0.05, 0) is 24.6 Å². The smallest absolute Gasteiger partial charge is 0.356 e. The summed E-state index contributed by atoms with van der Waals surface area (Å²) in [5.74, 6) is 0.310. The van der Waals surface area contributed by atoms with E-state index < -0.39 is 11.7 Å². The summed E-state index contributed by atoms with van der Waals surface area (Å²) in [6.07, 6.45) is -4.38. The molecule has 0 saturated heterocycles. The fraction of sp³-hybridized carbons (Fsp3) is 0.118. The summed E-state index contributed by atoms with van der Waals surface area (Å²) in [5, 5.41) is 3.96. The molecule has 22 heavy (non-hydrogen) atoms. The Bertz CT molecular complexity index is 805. The zero-order valence-electron chi connectivity index (χ0n) is 11.7. The van der Waals surface area contributed by atoms with Gasteiger partial charge in [-0.15, -0.1) is 0 Å². The van der Waals surface area contributed by atoms with Crippen molar-refractivity contribution in [1.82, 2.24) is 5.16 Å². The fourth-order valence-corrected chi connectivity index (χ4v) is 2.25. The van der Waals surface area contributed by atoms with Crippen molar-refractivity contribution in [2.75, 3.05) is 0 Å². The lowest BCUT2D eigenvalue weighted by Gasteiger charge is -2.06. The minimum atomic E-state index is -4.38. The minimum absolute atomic E-state index is 0.310. The highest BCUT2D eigenvalue weighted by atomic mass is 19.4. The van der Waals surface area contributed by atoms with Crippen LogP contribution in [0.2, 0.25) is 0 Å². The molecule has 0 bridgehead atoms. The first-order chi connectivity index (χ1) is 10.4. The van der Waals surface area contributed by atoms with Crippen molar-refractivity contribution in [1.29, 1.82) is 0 Å². The number of halogens is 3. The molecule has 0 amide bonds. The molecule has 3 rings (SSSR count). The van der Waals surface area contributed by atoms with E-state index in [0.717, 1.165) is 23.3 Å². The average Bonchev–Trinajstić information content (AvgIpc) is 2.97. The SMILES string of the molecule is Cc1ccccc1-c1cc(-c2cccc(C(F)(F)F)c2)on1. The zero-order chi connectivity index (χ0) is 15.7. The summed E-state index contributed by atoms with van der Waals surface area (Å²) in [6, 6.07) is 14.3. The van der Waals surface area contributed by atoms with E-state index in [1.165, 1.54) is 6.07 Å². The molecule has 0 N–H and O–H groups in total. The van der Waals surface area contributed by atoms with Crippen LogP contribution in [0.4, 0.5) is 13.2 Å². The Morgan fingerprint density at radius 3 is 2.45 bits per heavy atom. The third-order valence-electron chi connectivity index (χ3n) is 3.41. The molecule has 0 aliphatic rings. The van der Waals surface area contributed by atoms with Crippen molar-refractivity contribution in [3.8, 4) is 22.6 Å².